The SMILES string of the molecule is [2H]C([2H])(c1ccc(-c2ccccc2C(=O)OCCN2CCOCC2)cc1)n1c(CCC)nc2c(C)cc(-c3nc4ccccc4n3C)cc21. The van der Waals surface area contributed by atoms with Crippen molar-refractivity contribution in [3.8, 4) is 22.5 Å². The maximum absolute atomic E-state index is 13.2. The number of aromatic nitrogens is 4. The van der Waals surface area contributed by atoms with Gasteiger partial charge in [-0.15, -0.1) is 0 Å². The summed E-state index contributed by atoms with van der Waals surface area (Å²) in [5.74, 6) is 1.14. The third kappa shape index (κ3) is 6.31. The van der Waals surface area contributed by atoms with Crippen LogP contribution in [-0.4, -0.2) is 69.4 Å². The summed E-state index contributed by atoms with van der Waals surface area (Å²) in [6, 6.07) is 26.9. The van der Waals surface area contributed by atoms with Gasteiger partial charge >= 0.3 is 5.97 Å². The van der Waals surface area contributed by atoms with Crippen LogP contribution in [0.2, 0.25) is 0 Å². The minimum atomic E-state index is -1.91. The lowest BCUT2D eigenvalue weighted by Crippen LogP contribution is -2.38. The van der Waals surface area contributed by atoms with E-state index >= 15 is 0 Å². The molecule has 1 fully saturated rings. The van der Waals surface area contributed by atoms with E-state index in [1.807, 2.05) is 68.6 Å². The Morgan fingerprint density at radius 3 is 2.49 bits per heavy atom. The summed E-state index contributed by atoms with van der Waals surface area (Å²) in [6.07, 6.45) is 1.46. The molecule has 6 aromatic rings. The van der Waals surface area contributed by atoms with Crippen molar-refractivity contribution in [2.45, 2.75) is 33.2 Å². The standard InChI is InChI=1S/C39H41N5O3/c1-4-9-36-41-37-27(2)24-30(38-40-33-12-7-8-13-34(33)42(38)3)25-35(37)44(36)26-28-14-16-29(17-15-28)31-10-5-6-11-32(31)39(45)47-23-20-43-18-21-46-22-19-43/h5-8,10-17,24-25H,4,9,18-23,26H2,1-3H3/i26D2. The number of morpholine rings is 1. The fourth-order valence-corrected chi connectivity index (χ4v) is 6.38. The van der Waals surface area contributed by atoms with Crippen molar-refractivity contribution in [3.63, 3.8) is 0 Å². The molecular formula is C39H41N5O3. The normalized spacial score (nSPS) is 14.8. The summed E-state index contributed by atoms with van der Waals surface area (Å²) >= 11 is 0. The minimum absolute atomic E-state index is 0.309. The quantitative estimate of drug-likeness (QED) is 0.151. The van der Waals surface area contributed by atoms with Gasteiger partial charge in [-0.1, -0.05) is 61.5 Å². The first kappa shape index (κ1) is 28.4. The van der Waals surface area contributed by atoms with Gasteiger partial charge in [-0.3, -0.25) is 4.90 Å². The summed E-state index contributed by atoms with van der Waals surface area (Å²) in [4.78, 5) is 25.3. The molecule has 3 heterocycles. The van der Waals surface area contributed by atoms with E-state index in [-0.39, 0.29) is 5.97 Å². The van der Waals surface area contributed by atoms with Gasteiger partial charge < -0.3 is 18.6 Å². The van der Waals surface area contributed by atoms with Crippen LogP contribution in [0.1, 0.15) is 43.4 Å². The number of hydrogen-bond donors (Lipinski definition) is 0. The second kappa shape index (κ2) is 13.5. The summed E-state index contributed by atoms with van der Waals surface area (Å²) in [7, 11) is 2.01. The molecule has 0 radical (unpaired) electrons. The number of hydrogen-bond acceptors (Lipinski definition) is 6. The first-order valence-corrected chi connectivity index (χ1v) is 16.4. The highest BCUT2D eigenvalue weighted by Gasteiger charge is 2.19. The highest BCUT2D eigenvalue weighted by Crippen LogP contribution is 2.31. The van der Waals surface area contributed by atoms with Gasteiger partial charge in [-0.05, 0) is 65.9 Å². The van der Waals surface area contributed by atoms with Crippen LogP contribution in [-0.2, 0) is 29.4 Å². The molecule has 47 heavy (non-hydrogen) atoms. The summed E-state index contributed by atoms with van der Waals surface area (Å²) in [5, 5.41) is 0. The molecule has 1 aliphatic heterocycles. The van der Waals surface area contributed by atoms with Gasteiger partial charge in [0, 0.05) is 45.2 Å². The average molecular weight is 630 g/mol. The predicted octanol–water partition coefficient (Wildman–Crippen LogP) is 7.06. The zero-order valence-corrected chi connectivity index (χ0v) is 27.2. The van der Waals surface area contributed by atoms with Crippen molar-refractivity contribution >= 4 is 28.0 Å². The maximum Gasteiger partial charge on any atom is 0.338 e. The first-order chi connectivity index (χ1) is 23.8. The van der Waals surface area contributed by atoms with Crippen molar-refractivity contribution in [2.75, 3.05) is 39.5 Å². The van der Waals surface area contributed by atoms with Crippen LogP contribution in [0.3, 0.4) is 0 Å². The van der Waals surface area contributed by atoms with Crippen molar-refractivity contribution in [3.05, 3.63) is 107 Å². The third-order valence-corrected chi connectivity index (χ3v) is 8.87. The molecule has 7 rings (SSSR count). The molecule has 0 spiro atoms. The fraction of sp³-hybridized carbons (Fsp3) is 0.308. The lowest BCUT2D eigenvalue weighted by molar-refractivity contribution is 0.0196. The van der Waals surface area contributed by atoms with Crippen LogP contribution in [0, 0.1) is 6.92 Å². The number of carbonyl (C=O) groups is 1. The second-order valence-corrected chi connectivity index (χ2v) is 12.1. The number of fused-ring (bicyclic) bond motifs is 2. The number of nitrogens with zero attached hydrogens (tertiary/aromatic N) is 5. The van der Waals surface area contributed by atoms with Gasteiger partial charge in [0.25, 0.3) is 0 Å². The van der Waals surface area contributed by atoms with Crippen LogP contribution >= 0.6 is 0 Å². The molecule has 0 unspecified atom stereocenters. The van der Waals surface area contributed by atoms with Crippen molar-refractivity contribution < 1.29 is 17.0 Å². The molecule has 0 bridgehead atoms. The van der Waals surface area contributed by atoms with E-state index in [1.54, 1.807) is 22.8 Å². The molecule has 1 aliphatic rings. The summed E-state index contributed by atoms with van der Waals surface area (Å²) in [6.45, 7) is 6.25. The minimum Gasteiger partial charge on any atom is -0.461 e. The van der Waals surface area contributed by atoms with Crippen molar-refractivity contribution in [1.82, 2.24) is 24.0 Å². The highest BCUT2D eigenvalue weighted by atomic mass is 16.5. The smallest absolute Gasteiger partial charge is 0.338 e. The lowest BCUT2D eigenvalue weighted by atomic mass is 9.98. The Morgan fingerprint density at radius 1 is 0.936 bits per heavy atom. The van der Waals surface area contributed by atoms with Crippen molar-refractivity contribution in [2.24, 2.45) is 7.05 Å². The predicted molar refractivity (Wildman–Crippen MR) is 187 cm³/mol. The van der Waals surface area contributed by atoms with E-state index < -0.39 is 6.50 Å². The van der Waals surface area contributed by atoms with Crippen LogP contribution in [0.15, 0.2) is 84.9 Å². The number of benzene rings is 4. The Kier molecular flexibility index (Phi) is 8.18. The van der Waals surface area contributed by atoms with Crippen LogP contribution in [0.5, 0.6) is 0 Å². The molecule has 0 atom stereocenters. The molecule has 0 aliphatic carbocycles. The molecule has 240 valence electrons. The summed E-state index contributed by atoms with van der Waals surface area (Å²) in [5.41, 5.74) is 7.86. The zero-order chi connectivity index (χ0) is 34.1. The topological polar surface area (TPSA) is 74.4 Å². The summed E-state index contributed by atoms with van der Waals surface area (Å²) < 4.78 is 34.0. The molecule has 8 heteroatoms. The van der Waals surface area contributed by atoms with E-state index in [1.165, 1.54) is 0 Å². The van der Waals surface area contributed by atoms with E-state index in [9.17, 15) is 7.54 Å². The van der Waals surface area contributed by atoms with Gasteiger partial charge in [0.1, 0.15) is 18.3 Å². The third-order valence-electron chi connectivity index (χ3n) is 8.87. The fourth-order valence-electron chi connectivity index (χ4n) is 6.38. The average Bonchev–Trinajstić information content (AvgIpc) is 3.67. The Bertz CT molecular complexity index is 2130. The Balaban J connectivity index is 1.21. The number of imidazole rings is 2. The van der Waals surface area contributed by atoms with Gasteiger partial charge in [-0.25, -0.2) is 14.8 Å². The second-order valence-electron chi connectivity index (χ2n) is 12.1. The van der Waals surface area contributed by atoms with Crippen LogP contribution in [0.25, 0.3) is 44.6 Å². The Labute approximate surface area is 278 Å². The molecule has 8 nitrogen and oxygen atoms in total. The number of aryl methyl sites for hydroxylation is 3. The highest BCUT2D eigenvalue weighted by molar-refractivity contribution is 5.97. The molecule has 0 saturated carbocycles. The van der Waals surface area contributed by atoms with Gasteiger partial charge in [0.15, 0.2) is 0 Å². The number of para-hydroxylation sites is 2. The zero-order valence-electron chi connectivity index (χ0n) is 29.2. The molecule has 1 saturated heterocycles. The first-order valence-electron chi connectivity index (χ1n) is 17.4. The van der Waals surface area contributed by atoms with Gasteiger partial charge in [0.2, 0.25) is 0 Å². The molecule has 4 aromatic carbocycles. The number of esters is 1. The van der Waals surface area contributed by atoms with E-state index in [0.717, 1.165) is 69.7 Å². The number of ether oxygens (including phenoxy) is 2. The largest absolute Gasteiger partial charge is 0.461 e. The molecule has 0 N–H and O–H groups in total. The maximum atomic E-state index is 13.2. The molecule has 2 aromatic heterocycles. The van der Waals surface area contributed by atoms with E-state index in [0.29, 0.717) is 49.7 Å². The van der Waals surface area contributed by atoms with E-state index in [2.05, 4.69) is 28.5 Å². The van der Waals surface area contributed by atoms with Gasteiger partial charge in [-0.2, -0.15) is 0 Å². The molecular weight excluding hydrogens is 586 g/mol. The van der Waals surface area contributed by atoms with Crippen LogP contribution in [0.4, 0.5) is 0 Å². The van der Waals surface area contributed by atoms with E-state index in [4.69, 9.17) is 19.4 Å². The number of rotatable bonds is 10. The van der Waals surface area contributed by atoms with Crippen LogP contribution < -0.4 is 0 Å². The van der Waals surface area contributed by atoms with Gasteiger partial charge in [0.05, 0.1) is 43.6 Å². The number of carbonyl (C=O) groups excluding carboxylic acids is 1. The monoisotopic (exact) mass is 629 g/mol. The lowest BCUT2D eigenvalue weighted by Gasteiger charge is -2.26. The van der Waals surface area contributed by atoms with Crippen molar-refractivity contribution in [1.29, 1.82) is 0 Å². The Hall–Kier alpha value is -4.79. The Morgan fingerprint density at radius 2 is 1.70 bits per heavy atom. The molecule has 0 amide bonds.